The molecule has 0 bridgehead atoms. The summed E-state index contributed by atoms with van der Waals surface area (Å²) in [4.78, 5) is 30.9. The van der Waals surface area contributed by atoms with Crippen LogP contribution in [0, 0.1) is 11.8 Å². The number of carbonyl (C=O) groups excluding carboxylic acids is 1. The molecule has 5 atom stereocenters. The first-order valence-corrected chi connectivity index (χ1v) is 12.9. The van der Waals surface area contributed by atoms with Gasteiger partial charge in [-0.2, -0.15) is 0 Å². The number of halogens is 1. The molecule has 1 saturated heterocycles. The Balaban J connectivity index is 1.42. The van der Waals surface area contributed by atoms with Crippen LogP contribution in [0.3, 0.4) is 0 Å². The summed E-state index contributed by atoms with van der Waals surface area (Å²) in [7, 11) is 0. The highest BCUT2D eigenvalue weighted by atomic mass is 35.5. The minimum atomic E-state index is -0.700. The number of benzene rings is 1. The number of piperidine rings is 1. The highest BCUT2D eigenvalue weighted by Gasteiger charge is 2.44. The minimum absolute atomic E-state index is 0.0513. The van der Waals surface area contributed by atoms with Crippen molar-refractivity contribution in [2.24, 2.45) is 11.8 Å². The fraction of sp³-hybridized carbons (Fsp3) is 0.520. The quantitative estimate of drug-likeness (QED) is 0.576. The normalized spacial score (nSPS) is 28.6. The fourth-order valence-electron chi connectivity index (χ4n) is 6.17. The molecule has 2 fully saturated rings. The SMILES string of the molecule is O=C(O)C1CCCC2C1CCCN2C(=O)C[C@@H](c1c[nH]c2cccc(Cl)c12)C1CC=CS1. The molecule has 1 aromatic heterocycles. The van der Waals surface area contributed by atoms with Crippen LogP contribution in [-0.4, -0.2) is 44.7 Å². The first-order valence-electron chi connectivity index (χ1n) is 11.6. The molecule has 4 unspecified atom stereocenters. The van der Waals surface area contributed by atoms with E-state index in [1.54, 1.807) is 11.8 Å². The van der Waals surface area contributed by atoms with Crippen LogP contribution in [-0.2, 0) is 9.59 Å². The van der Waals surface area contributed by atoms with Gasteiger partial charge < -0.3 is 15.0 Å². The number of aromatic nitrogens is 1. The van der Waals surface area contributed by atoms with Crippen molar-refractivity contribution in [3.8, 4) is 0 Å². The molecule has 170 valence electrons. The van der Waals surface area contributed by atoms with E-state index >= 15 is 0 Å². The van der Waals surface area contributed by atoms with Crippen LogP contribution in [0.25, 0.3) is 10.9 Å². The number of allylic oxidation sites excluding steroid dienone is 1. The number of amides is 1. The number of aliphatic carboxylic acids is 1. The maximum absolute atomic E-state index is 13.7. The van der Waals surface area contributed by atoms with Gasteiger partial charge in [-0.15, -0.1) is 11.8 Å². The second-order valence-corrected chi connectivity index (χ2v) is 10.9. The summed E-state index contributed by atoms with van der Waals surface area (Å²) in [6.45, 7) is 0.740. The molecule has 0 spiro atoms. The number of rotatable bonds is 5. The Bertz CT molecular complexity index is 1040. The predicted molar refractivity (Wildman–Crippen MR) is 129 cm³/mol. The lowest BCUT2D eigenvalue weighted by molar-refractivity contribution is -0.152. The molecule has 5 rings (SSSR count). The van der Waals surface area contributed by atoms with E-state index in [2.05, 4.69) is 16.5 Å². The number of hydrogen-bond acceptors (Lipinski definition) is 3. The van der Waals surface area contributed by atoms with E-state index in [9.17, 15) is 14.7 Å². The smallest absolute Gasteiger partial charge is 0.306 e. The third-order valence-corrected chi connectivity index (χ3v) is 9.18. The molecule has 7 heteroatoms. The second kappa shape index (κ2) is 9.14. The zero-order chi connectivity index (χ0) is 22.2. The molecule has 5 nitrogen and oxygen atoms in total. The Labute approximate surface area is 197 Å². The fourth-order valence-corrected chi connectivity index (χ4v) is 7.53. The predicted octanol–water partition coefficient (Wildman–Crippen LogP) is 5.81. The number of carboxylic acid groups (broad SMARTS) is 1. The van der Waals surface area contributed by atoms with Crippen LogP contribution >= 0.6 is 23.4 Å². The molecule has 1 amide bonds. The maximum atomic E-state index is 13.7. The molecule has 32 heavy (non-hydrogen) atoms. The Morgan fingerprint density at radius 2 is 2.12 bits per heavy atom. The summed E-state index contributed by atoms with van der Waals surface area (Å²) in [6, 6.07) is 5.93. The number of nitrogens with one attached hydrogen (secondary N) is 1. The number of hydrogen-bond donors (Lipinski definition) is 2. The van der Waals surface area contributed by atoms with Crippen molar-refractivity contribution in [3.63, 3.8) is 0 Å². The average Bonchev–Trinajstić information content (AvgIpc) is 3.47. The van der Waals surface area contributed by atoms with Crippen molar-refractivity contribution in [2.75, 3.05) is 6.54 Å². The van der Waals surface area contributed by atoms with Gasteiger partial charge >= 0.3 is 5.97 Å². The molecule has 2 aromatic rings. The van der Waals surface area contributed by atoms with Gasteiger partial charge in [0.2, 0.25) is 5.91 Å². The Kier molecular flexibility index (Phi) is 6.26. The van der Waals surface area contributed by atoms with Gasteiger partial charge in [-0.1, -0.05) is 30.2 Å². The van der Waals surface area contributed by atoms with Gasteiger partial charge in [-0.25, -0.2) is 0 Å². The first kappa shape index (κ1) is 21.9. The number of thioether (sulfide) groups is 1. The summed E-state index contributed by atoms with van der Waals surface area (Å²) in [6.07, 6.45) is 9.90. The molecule has 3 aliphatic rings. The Hall–Kier alpha value is -1.92. The van der Waals surface area contributed by atoms with Crippen molar-refractivity contribution in [3.05, 3.63) is 46.5 Å². The molecular weight excluding hydrogens is 444 g/mol. The summed E-state index contributed by atoms with van der Waals surface area (Å²) in [5.74, 6) is -0.724. The molecule has 2 aliphatic heterocycles. The first-order chi connectivity index (χ1) is 15.5. The topological polar surface area (TPSA) is 73.4 Å². The van der Waals surface area contributed by atoms with Crippen molar-refractivity contribution >= 4 is 46.1 Å². The molecule has 2 N–H and O–H groups in total. The van der Waals surface area contributed by atoms with E-state index in [-0.39, 0.29) is 29.7 Å². The molecule has 1 saturated carbocycles. The number of H-pyrrole nitrogens is 1. The number of fused-ring (bicyclic) bond motifs is 2. The lowest BCUT2D eigenvalue weighted by Gasteiger charge is -2.47. The van der Waals surface area contributed by atoms with E-state index in [0.717, 1.165) is 61.5 Å². The van der Waals surface area contributed by atoms with Crippen molar-refractivity contribution in [1.82, 2.24) is 9.88 Å². The van der Waals surface area contributed by atoms with Crippen LogP contribution in [0.2, 0.25) is 5.02 Å². The standard InChI is InChI=1S/C25H29ClN2O3S/c26-19-7-2-8-20-24(19)18(14-27-20)17(22-10-4-12-32-22)13-23(29)28-11-3-6-15-16(25(30)31)5-1-9-21(15)28/h2,4,7-8,12,14-17,21-22,27H,1,3,5-6,9-11,13H2,(H,30,31)/t15?,16?,17-,21?,22?/m0/s1. The third-order valence-electron chi connectivity index (χ3n) is 7.65. The molecule has 1 aliphatic carbocycles. The van der Waals surface area contributed by atoms with Crippen LogP contribution in [0.4, 0.5) is 0 Å². The summed E-state index contributed by atoms with van der Waals surface area (Å²) >= 11 is 8.38. The van der Waals surface area contributed by atoms with Crippen LogP contribution in [0.5, 0.6) is 0 Å². The lowest BCUT2D eigenvalue weighted by atomic mass is 9.71. The van der Waals surface area contributed by atoms with E-state index < -0.39 is 5.97 Å². The van der Waals surface area contributed by atoms with Crippen molar-refractivity contribution in [1.29, 1.82) is 0 Å². The van der Waals surface area contributed by atoms with Crippen LogP contribution < -0.4 is 0 Å². The van der Waals surface area contributed by atoms with Crippen molar-refractivity contribution in [2.45, 2.75) is 62.2 Å². The summed E-state index contributed by atoms with van der Waals surface area (Å²) in [5, 5.41) is 13.9. The summed E-state index contributed by atoms with van der Waals surface area (Å²) < 4.78 is 0. The summed E-state index contributed by atoms with van der Waals surface area (Å²) in [5.41, 5.74) is 2.11. The number of likely N-dealkylation sites (tertiary alicyclic amines) is 1. The number of carbonyl (C=O) groups is 2. The zero-order valence-electron chi connectivity index (χ0n) is 18.0. The van der Waals surface area contributed by atoms with Crippen LogP contribution in [0.15, 0.2) is 35.9 Å². The maximum Gasteiger partial charge on any atom is 0.306 e. The minimum Gasteiger partial charge on any atom is -0.481 e. The Morgan fingerprint density at radius 1 is 1.25 bits per heavy atom. The van der Waals surface area contributed by atoms with Crippen LogP contribution in [0.1, 0.15) is 56.4 Å². The number of nitrogens with zero attached hydrogens (tertiary/aromatic N) is 1. The lowest BCUT2D eigenvalue weighted by Crippen LogP contribution is -2.53. The molecule has 1 aromatic carbocycles. The van der Waals surface area contributed by atoms with Gasteiger partial charge in [0.15, 0.2) is 0 Å². The van der Waals surface area contributed by atoms with Gasteiger partial charge in [-0.3, -0.25) is 9.59 Å². The van der Waals surface area contributed by atoms with E-state index in [4.69, 9.17) is 11.6 Å². The number of carboxylic acids is 1. The van der Waals surface area contributed by atoms with Gasteiger partial charge in [-0.05, 0) is 61.1 Å². The molecule has 3 heterocycles. The zero-order valence-corrected chi connectivity index (χ0v) is 19.6. The van der Waals surface area contributed by atoms with E-state index in [1.807, 2.05) is 29.3 Å². The average molecular weight is 473 g/mol. The monoisotopic (exact) mass is 472 g/mol. The van der Waals surface area contributed by atoms with Gasteiger partial charge in [0.1, 0.15) is 0 Å². The third kappa shape index (κ3) is 3.96. The Morgan fingerprint density at radius 3 is 2.91 bits per heavy atom. The van der Waals surface area contributed by atoms with Gasteiger partial charge in [0, 0.05) is 47.3 Å². The highest BCUT2D eigenvalue weighted by molar-refractivity contribution is 8.03. The largest absolute Gasteiger partial charge is 0.481 e. The highest BCUT2D eigenvalue weighted by Crippen LogP contribution is 2.44. The number of aromatic amines is 1. The second-order valence-electron chi connectivity index (χ2n) is 9.34. The van der Waals surface area contributed by atoms with Gasteiger partial charge in [0.25, 0.3) is 0 Å². The van der Waals surface area contributed by atoms with E-state index in [1.165, 1.54) is 0 Å². The molecular formula is C25H29ClN2O3S. The van der Waals surface area contributed by atoms with E-state index in [0.29, 0.717) is 16.7 Å². The van der Waals surface area contributed by atoms with Gasteiger partial charge in [0.05, 0.1) is 10.9 Å². The van der Waals surface area contributed by atoms with Crippen molar-refractivity contribution < 1.29 is 14.7 Å². The molecule has 0 radical (unpaired) electrons.